The van der Waals surface area contributed by atoms with Gasteiger partial charge in [-0.15, -0.1) is 5.10 Å². The van der Waals surface area contributed by atoms with Gasteiger partial charge in [-0.25, -0.2) is 13.8 Å². The number of hydrogen-bond acceptors (Lipinski definition) is 3. The van der Waals surface area contributed by atoms with Crippen molar-refractivity contribution in [3.8, 4) is 6.07 Å². The molecule has 1 heterocycles. The normalized spacial score (nSPS) is 20.6. The third-order valence-electron chi connectivity index (χ3n) is 2.92. The van der Waals surface area contributed by atoms with Gasteiger partial charge in [-0.2, -0.15) is 5.26 Å². The molecule has 1 aromatic heterocycles. The van der Waals surface area contributed by atoms with Crippen LogP contribution in [0.5, 0.6) is 0 Å². The molecule has 0 spiro atoms. The van der Waals surface area contributed by atoms with Gasteiger partial charge >= 0.3 is 0 Å². The van der Waals surface area contributed by atoms with Gasteiger partial charge in [-0.05, 0) is 18.8 Å². The van der Waals surface area contributed by atoms with Gasteiger partial charge in [0.15, 0.2) is 0 Å². The van der Waals surface area contributed by atoms with Crippen LogP contribution in [0.3, 0.4) is 0 Å². The van der Waals surface area contributed by atoms with Crippen LogP contribution in [-0.4, -0.2) is 20.7 Å². The van der Waals surface area contributed by atoms with E-state index < -0.39 is 5.92 Å². The first-order valence-corrected chi connectivity index (χ1v) is 5.26. The average molecular weight is 226 g/mol. The van der Waals surface area contributed by atoms with Gasteiger partial charge in [-0.1, -0.05) is 0 Å². The molecule has 16 heavy (non-hydrogen) atoms. The van der Waals surface area contributed by atoms with Crippen molar-refractivity contribution in [1.82, 2.24) is 14.8 Å². The Labute approximate surface area is 91.9 Å². The first-order chi connectivity index (χ1) is 7.59. The molecule has 0 atom stereocenters. The molecule has 2 rings (SSSR count). The second kappa shape index (κ2) is 4.16. The van der Waals surface area contributed by atoms with E-state index in [9.17, 15) is 8.78 Å². The highest BCUT2D eigenvalue weighted by atomic mass is 19.3. The summed E-state index contributed by atoms with van der Waals surface area (Å²) in [4.78, 5) is 3.77. The maximum Gasteiger partial charge on any atom is 0.252 e. The molecule has 0 saturated heterocycles. The molecule has 1 fully saturated rings. The van der Waals surface area contributed by atoms with Gasteiger partial charge < -0.3 is 0 Å². The number of alkyl halides is 2. The second-order valence-corrected chi connectivity index (χ2v) is 4.20. The predicted octanol–water partition coefficient (Wildman–Crippen LogP) is 1.98. The third kappa shape index (κ3) is 2.54. The molecule has 4 nitrogen and oxygen atoms in total. The lowest BCUT2D eigenvalue weighted by Crippen LogP contribution is -2.26. The Morgan fingerprint density at radius 2 is 2.19 bits per heavy atom. The van der Waals surface area contributed by atoms with Crippen LogP contribution in [0.2, 0.25) is 0 Å². The van der Waals surface area contributed by atoms with Gasteiger partial charge in [0, 0.05) is 19.4 Å². The SMILES string of the molecule is N#Cc1ncn(CC2CCC(F)(F)CC2)n1. The van der Waals surface area contributed by atoms with Crippen molar-refractivity contribution in [3.63, 3.8) is 0 Å². The smallest absolute Gasteiger partial charge is 0.251 e. The fourth-order valence-electron chi connectivity index (χ4n) is 1.98. The van der Waals surface area contributed by atoms with Crippen molar-refractivity contribution in [2.24, 2.45) is 5.92 Å². The van der Waals surface area contributed by atoms with Gasteiger partial charge in [0.05, 0.1) is 0 Å². The highest BCUT2D eigenvalue weighted by Crippen LogP contribution is 2.36. The highest BCUT2D eigenvalue weighted by molar-refractivity contribution is 5.05. The van der Waals surface area contributed by atoms with Gasteiger partial charge in [0.25, 0.3) is 5.82 Å². The van der Waals surface area contributed by atoms with E-state index in [1.807, 2.05) is 6.07 Å². The maximum absolute atomic E-state index is 12.9. The highest BCUT2D eigenvalue weighted by Gasteiger charge is 2.34. The average Bonchev–Trinajstić information content (AvgIpc) is 2.69. The van der Waals surface area contributed by atoms with E-state index in [-0.39, 0.29) is 24.6 Å². The van der Waals surface area contributed by atoms with Crippen LogP contribution in [0.15, 0.2) is 6.33 Å². The minimum Gasteiger partial charge on any atom is -0.251 e. The van der Waals surface area contributed by atoms with E-state index in [4.69, 9.17) is 5.26 Å². The Bertz CT molecular complexity index is 397. The van der Waals surface area contributed by atoms with Crippen molar-refractivity contribution in [2.45, 2.75) is 38.2 Å². The van der Waals surface area contributed by atoms with Crippen molar-refractivity contribution < 1.29 is 8.78 Å². The van der Waals surface area contributed by atoms with Gasteiger partial charge in [0.2, 0.25) is 5.92 Å². The Hall–Kier alpha value is -1.51. The van der Waals surface area contributed by atoms with Crippen LogP contribution < -0.4 is 0 Å². The van der Waals surface area contributed by atoms with E-state index in [1.165, 1.54) is 6.33 Å². The Balaban J connectivity index is 1.90. The minimum absolute atomic E-state index is 0.0442. The maximum atomic E-state index is 12.9. The summed E-state index contributed by atoms with van der Waals surface area (Å²) in [5, 5.41) is 12.5. The van der Waals surface area contributed by atoms with Gasteiger partial charge in [0.1, 0.15) is 12.4 Å². The predicted molar refractivity (Wildman–Crippen MR) is 51.6 cm³/mol. The van der Waals surface area contributed by atoms with Crippen molar-refractivity contribution in [2.75, 3.05) is 0 Å². The molecule has 1 aliphatic rings. The Kier molecular flexibility index (Phi) is 2.86. The largest absolute Gasteiger partial charge is 0.252 e. The van der Waals surface area contributed by atoms with E-state index in [0.717, 1.165) is 0 Å². The molecule has 1 aliphatic carbocycles. The van der Waals surface area contributed by atoms with Crippen LogP contribution in [0.4, 0.5) is 8.78 Å². The monoisotopic (exact) mass is 226 g/mol. The third-order valence-corrected chi connectivity index (χ3v) is 2.92. The molecule has 1 saturated carbocycles. The molecule has 0 bridgehead atoms. The van der Waals surface area contributed by atoms with Gasteiger partial charge in [-0.3, -0.25) is 4.68 Å². The standard InChI is InChI=1S/C10H12F2N4/c11-10(12)3-1-8(2-4-10)6-16-7-14-9(5-13)15-16/h7-8H,1-4,6H2. The summed E-state index contributed by atoms with van der Waals surface area (Å²) >= 11 is 0. The lowest BCUT2D eigenvalue weighted by molar-refractivity contribution is -0.0476. The zero-order valence-electron chi connectivity index (χ0n) is 8.74. The number of rotatable bonds is 2. The molecule has 0 N–H and O–H groups in total. The molecule has 6 heteroatoms. The molecular weight excluding hydrogens is 214 g/mol. The van der Waals surface area contributed by atoms with E-state index in [2.05, 4.69) is 10.1 Å². The molecule has 0 amide bonds. The summed E-state index contributed by atoms with van der Waals surface area (Å²) in [6.45, 7) is 0.574. The number of nitriles is 1. The summed E-state index contributed by atoms with van der Waals surface area (Å²) in [6.07, 6.45) is 2.41. The summed E-state index contributed by atoms with van der Waals surface area (Å²) in [5.41, 5.74) is 0. The van der Waals surface area contributed by atoms with Crippen LogP contribution in [0, 0.1) is 17.2 Å². The number of hydrogen-bond donors (Lipinski definition) is 0. The number of halogens is 2. The lowest BCUT2D eigenvalue weighted by Gasteiger charge is -2.27. The molecule has 0 aliphatic heterocycles. The molecule has 0 radical (unpaired) electrons. The summed E-state index contributed by atoms with van der Waals surface area (Å²) in [7, 11) is 0. The summed E-state index contributed by atoms with van der Waals surface area (Å²) in [6, 6.07) is 1.83. The fourth-order valence-corrected chi connectivity index (χ4v) is 1.98. The molecule has 0 unspecified atom stereocenters. The zero-order valence-corrected chi connectivity index (χ0v) is 8.74. The van der Waals surface area contributed by atoms with Crippen molar-refractivity contribution >= 4 is 0 Å². The first-order valence-electron chi connectivity index (χ1n) is 5.26. The number of nitrogens with zero attached hydrogens (tertiary/aromatic N) is 4. The Morgan fingerprint density at radius 1 is 1.50 bits per heavy atom. The van der Waals surface area contributed by atoms with E-state index >= 15 is 0 Å². The first kappa shape index (κ1) is 11.0. The lowest BCUT2D eigenvalue weighted by atomic mass is 9.87. The van der Waals surface area contributed by atoms with Crippen molar-refractivity contribution in [3.05, 3.63) is 12.2 Å². The number of aromatic nitrogens is 3. The molecule has 0 aromatic carbocycles. The van der Waals surface area contributed by atoms with Crippen LogP contribution in [0.1, 0.15) is 31.5 Å². The van der Waals surface area contributed by atoms with Crippen molar-refractivity contribution in [1.29, 1.82) is 5.26 Å². The quantitative estimate of drug-likeness (QED) is 0.774. The van der Waals surface area contributed by atoms with E-state index in [1.54, 1.807) is 4.68 Å². The second-order valence-electron chi connectivity index (χ2n) is 4.20. The Morgan fingerprint density at radius 3 is 2.75 bits per heavy atom. The molecular formula is C10H12F2N4. The van der Waals surface area contributed by atoms with Crippen LogP contribution in [0.25, 0.3) is 0 Å². The van der Waals surface area contributed by atoms with Crippen LogP contribution >= 0.6 is 0 Å². The molecule has 1 aromatic rings. The zero-order chi connectivity index (χ0) is 11.6. The molecule has 86 valence electrons. The van der Waals surface area contributed by atoms with Crippen LogP contribution in [-0.2, 0) is 6.54 Å². The summed E-state index contributed by atoms with van der Waals surface area (Å²) < 4.78 is 27.4. The minimum atomic E-state index is -2.49. The topological polar surface area (TPSA) is 54.5 Å². The van der Waals surface area contributed by atoms with E-state index in [0.29, 0.717) is 19.4 Å². The fraction of sp³-hybridized carbons (Fsp3) is 0.700. The summed E-state index contributed by atoms with van der Waals surface area (Å²) in [5.74, 6) is -2.15.